The topological polar surface area (TPSA) is 22.1 Å². The lowest BCUT2D eigenvalue weighted by Gasteiger charge is -2.25. The molecule has 0 N–H and O–H groups in total. The summed E-state index contributed by atoms with van der Waals surface area (Å²) in [5, 5.41) is 0. The Morgan fingerprint density at radius 3 is 2.54 bits per heavy atom. The zero-order valence-corrected chi connectivity index (χ0v) is 19.6. The van der Waals surface area contributed by atoms with Crippen molar-refractivity contribution in [2.45, 2.75) is 58.0 Å². The van der Waals surface area contributed by atoms with Gasteiger partial charge in [-0.05, 0) is 71.3 Å². The minimum Gasteiger partial charge on any atom is -0.381 e. The Morgan fingerprint density at radius 1 is 1.25 bits per heavy atom. The van der Waals surface area contributed by atoms with Gasteiger partial charge in [0.05, 0.1) is 0 Å². The average molecular weight is 476 g/mol. The Balaban J connectivity index is 2.23. The highest BCUT2D eigenvalue weighted by atomic mass is 79.9. The van der Waals surface area contributed by atoms with Crippen molar-refractivity contribution in [1.29, 1.82) is 0 Å². The van der Waals surface area contributed by atoms with E-state index in [1.807, 2.05) is 12.1 Å². The molecule has 1 atom stereocenters. The third-order valence-corrected chi connectivity index (χ3v) is 7.12. The zero-order chi connectivity index (χ0) is 20.9. The summed E-state index contributed by atoms with van der Waals surface area (Å²) < 4.78 is 46.9. The van der Waals surface area contributed by atoms with E-state index in [0.717, 1.165) is 22.8 Å². The number of hydrogen-bond donors (Lipinski definition) is 0. The van der Waals surface area contributed by atoms with Gasteiger partial charge in [0, 0.05) is 33.1 Å². The van der Waals surface area contributed by atoms with Gasteiger partial charge in [0.15, 0.2) is 0 Å². The summed E-state index contributed by atoms with van der Waals surface area (Å²) in [5.74, 6) is 0.0212. The lowest BCUT2D eigenvalue weighted by atomic mass is 9.85. The first-order valence-corrected chi connectivity index (χ1v) is 14.1. The molecule has 2 nitrogen and oxygen atoms in total. The minimum atomic E-state index is -4.30. The number of hydrogen-bond acceptors (Lipinski definition) is 2. The number of halogens is 4. The highest BCUT2D eigenvalue weighted by Crippen LogP contribution is 2.38. The molecule has 7 heteroatoms. The first kappa shape index (κ1) is 23.4. The molecule has 0 amide bonds. The Labute approximate surface area is 175 Å². The van der Waals surface area contributed by atoms with E-state index in [1.54, 1.807) is 13.1 Å². The number of nitrogens with zero attached hydrogens (tertiary/aromatic N) is 1. The lowest BCUT2D eigenvalue weighted by Crippen LogP contribution is -2.23. The van der Waals surface area contributed by atoms with Crippen LogP contribution in [-0.4, -0.2) is 32.4 Å². The fraction of sp³-hybridized carbons (Fsp3) is 0.571. The largest absolute Gasteiger partial charge is 0.412 e. The van der Waals surface area contributed by atoms with Gasteiger partial charge >= 0.3 is 6.18 Å². The van der Waals surface area contributed by atoms with E-state index in [0.29, 0.717) is 30.7 Å². The molecular formula is C21H29BrF3NOSi. The molecule has 1 heterocycles. The van der Waals surface area contributed by atoms with Gasteiger partial charge in [0.25, 0.3) is 0 Å². The molecule has 1 aliphatic carbocycles. The standard InChI is InChI=1S/C21H29BrF3NOSi/c1-15-11-18(21(23,24)25)7-5-16(14-27-9-10-28(2,3)4)12-19(15)17-6-8-20(22)26-13-17/h6-8,13,16H,5,9-12,14H2,1-4H3. The van der Waals surface area contributed by atoms with Gasteiger partial charge < -0.3 is 4.74 Å². The number of alkyl halides is 3. The summed E-state index contributed by atoms with van der Waals surface area (Å²) in [6.07, 6.45) is -0.202. The average Bonchev–Trinajstić information content (AvgIpc) is 2.56. The summed E-state index contributed by atoms with van der Waals surface area (Å²) in [6.45, 7) is 9.82. The van der Waals surface area contributed by atoms with Crippen LogP contribution in [0.15, 0.2) is 40.2 Å². The minimum absolute atomic E-state index is 0.0212. The van der Waals surface area contributed by atoms with E-state index in [-0.39, 0.29) is 12.3 Å². The molecule has 0 saturated carbocycles. The molecular weight excluding hydrogens is 447 g/mol. The predicted octanol–water partition coefficient (Wildman–Crippen LogP) is 7.26. The zero-order valence-electron chi connectivity index (χ0n) is 17.0. The summed E-state index contributed by atoms with van der Waals surface area (Å²) in [5.41, 5.74) is 2.13. The third kappa shape index (κ3) is 7.48. The third-order valence-electron chi connectivity index (χ3n) is 4.95. The number of pyridine rings is 1. The Hall–Kier alpha value is -0.923. The highest BCUT2D eigenvalue weighted by molar-refractivity contribution is 9.10. The molecule has 0 aromatic carbocycles. The van der Waals surface area contributed by atoms with E-state index in [1.165, 1.54) is 6.08 Å². The van der Waals surface area contributed by atoms with Crippen LogP contribution >= 0.6 is 15.9 Å². The summed E-state index contributed by atoms with van der Waals surface area (Å²) in [4.78, 5) is 4.26. The van der Waals surface area contributed by atoms with Crippen LogP contribution in [0.2, 0.25) is 25.7 Å². The molecule has 156 valence electrons. The van der Waals surface area contributed by atoms with Gasteiger partial charge in [-0.1, -0.05) is 37.4 Å². The van der Waals surface area contributed by atoms with Crippen LogP contribution in [0.5, 0.6) is 0 Å². The predicted molar refractivity (Wildman–Crippen MR) is 115 cm³/mol. The summed E-state index contributed by atoms with van der Waals surface area (Å²) in [7, 11) is -1.19. The van der Waals surface area contributed by atoms with Gasteiger partial charge in [-0.15, -0.1) is 0 Å². The monoisotopic (exact) mass is 475 g/mol. The SMILES string of the molecule is CC1=C(c2ccc(Br)nc2)CC(COCC[Si](C)(C)C)CC=C(C(F)(F)F)C1. The molecule has 0 bridgehead atoms. The first-order valence-electron chi connectivity index (χ1n) is 9.60. The molecule has 1 aromatic rings. The summed E-state index contributed by atoms with van der Waals surface area (Å²) in [6, 6.07) is 4.80. The number of ether oxygens (including phenoxy) is 1. The van der Waals surface area contributed by atoms with Crippen molar-refractivity contribution in [3.63, 3.8) is 0 Å². The van der Waals surface area contributed by atoms with Gasteiger partial charge in [-0.2, -0.15) is 13.2 Å². The van der Waals surface area contributed by atoms with Crippen LogP contribution in [-0.2, 0) is 4.74 Å². The van der Waals surface area contributed by atoms with Crippen LogP contribution in [0, 0.1) is 5.92 Å². The van der Waals surface area contributed by atoms with Gasteiger partial charge in [0.2, 0.25) is 0 Å². The van der Waals surface area contributed by atoms with Gasteiger partial charge in [0.1, 0.15) is 4.60 Å². The Morgan fingerprint density at radius 2 is 1.96 bits per heavy atom. The van der Waals surface area contributed by atoms with E-state index < -0.39 is 19.8 Å². The maximum Gasteiger partial charge on any atom is 0.412 e. The van der Waals surface area contributed by atoms with Crippen molar-refractivity contribution < 1.29 is 17.9 Å². The van der Waals surface area contributed by atoms with Crippen molar-refractivity contribution >= 4 is 29.6 Å². The van der Waals surface area contributed by atoms with Crippen LogP contribution in [0.25, 0.3) is 5.57 Å². The van der Waals surface area contributed by atoms with Crippen LogP contribution in [0.1, 0.15) is 31.7 Å². The van der Waals surface area contributed by atoms with Crippen LogP contribution < -0.4 is 0 Å². The lowest BCUT2D eigenvalue weighted by molar-refractivity contribution is -0.0935. The fourth-order valence-electron chi connectivity index (χ4n) is 3.21. The molecule has 0 aliphatic heterocycles. The van der Waals surface area contributed by atoms with Crippen LogP contribution in [0.4, 0.5) is 13.2 Å². The molecule has 1 aliphatic rings. The maximum absolute atomic E-state index is 13.4. The molecule has 0 fully saturated rings. The normalized spacial score (nSPS) is 19.3. The molecule has 1 aromatic heterocycles. The molecule has 0 saturated heterocycles. The fourth-order valence-corrected chi connectivity index (χ4v) is 4.20. The molecule has 2 rings (SSSR count). The molecule has 28 heavy (non-hydrogen) atoms. The smallest absolute Gasteiger partial charge is 0.381 e. The number of allylic oxidation sites excluding steroid dienone is 4. The Bertz CT molecular complexity index is 721. The second kappa shape index (κ2) is 9.72. The number of rotatable bonds is 6. The quantitative estimate of drug-likeness (QED) is 0.187. The van der Waals surface area contributed by atoms with Crippen molar-refractivity contribution in [1.82, 2.24) is 4.98 Å². The van der Waals surface area contributed by atoms with Crippen molar-refractivity contribution in [2.75, 3.05) is 13.2 Å². The Kier molecular flexibility index (Phi) is 8.11. The second-order valence-electron chi connectivity index (χ2n) is 8.72. The van der Waals surface area contributed by atoms with Crippen LogP contribution in [0.3, 0.4) is 0 Å². The van der Waals surface area contributed by atoms with E-state index in [2.05, 4.69) is 40.6 Å². The van der Waals surface area contributed by atoms with Gasteiger partial charge in [-0.25, -0.2) is 4.98 Å². The van der Waals surface area contributed by atoms with Gasteiger partial charge in [-0.3, -0.25) is 0 Å². The van der Waals surface area contributed by atoms with Crippen molar-refractivity contribution in [3.8, 4) is 0 Å². The number of aromatic nitrogens is 1. The van der Waals surface area contributed by atoms with E-state index in [9.17, 15) is 13.2 Å². The molecule has 1 unspecified atom stereocenters. The summed E-state index contributed by atoms with van der Waals surface area (Å²) >= 11 is 3.32. The van der Waals surface area contributed by atoms with Crippen molar-refractivity contribution in [2.24, 2.45) is 5.92 Å². The second-order valence-corrected chi connectivity index (χ2v) is 15.2. The van der Waals surface area contributed by atoms with E-state index >= 15 is 0 Å². The molecule has 0 radical (unpaired) electrons. The molecule has 0 spiro atoms. The van der Waals surface area contributed by atoms with E-state index in [4.69, 9.17) is 4.74 Å². The van der Waals surface area contributed by atoms with Crippen molar-refractivity contribution in [3.05, 3.63) is 45.7 Å². The first-order chi connectivity index (χ1) is 13.0. The highest BCUT2D eigenvalue weighted by Gasteiger charge is 2.34. The maximum atomic E-state index is 13.4.